The largest absolute Gasteiger partial charge is 0.452 e. The number of amides is 1. The maximum atomic E-state index is 12.5. The van der Waals surface area contributed by atoms with Gasteiger partial charge in [0.2, 0.25) is 10.0 Å². The van der Waals surface area contributed by atoms with Gasteiger partial charge in [0.15, 0.2) is 6.10 Å². The summed E-state index contributed by atoms with van der Waals surface area (Å²) < 4.78 is 30.9. The number of carbonyl (C=O) groups excluding carboxylic acids is 2. The Morgan fingerprint density at radius 3 is 2.39 bits per heavy atom. The van der Waals surface area contributed by atoms with Crippen molar-refractivity contribution in [3.63, 3.8) is 0 Å². The third kappa shape index (κ3) is 6.23. The summed E-state index contributed by atoms with van der Waals surface area (Å²) in [6.07, 6.45) is -1.27. The summed E-state index contributed by atoms with van der Waals surface area (Å²) in [5.41, 5.74) is 0.730. The average molecular weight is 470 g/mol. The lowest BCUT2D eigenvalue weighted by atomic mass is 10.2. The van der Waals surface area contributed by atoms with Gasteiger partial charge in [0.25, 0.3) is 11.6 Å². The van der Waals surface area contributed by atoms with Crippen molar-refractivity contribution in [2.45, 2.75) is 24.8 Å². The molecule has 0 saturated heterocycles. The zero-order chi connectivity index (χ0) is 23.3. The highest BCUT2D eigenvalue weighted by Crippen LogP contribution is 2.26. The number of nitro groups is 1. The van der Waals surface area contributed by atoms with Crippen molar-refractivity contribution >= 4 is 44.9 Å². The molecule has 0 aliphatic heterocycles. The Hall–Kier alpha value is -3.02. The van der Waals surface area contributed by atoms with Crippen LogP contribution >= 0.6 is 11.6 Å². The first-order valence-electron chi connectivity index (χ1n) is 8.89. The lowest BCUT2D eigenvalue weighted by molar-refractivity contribution is -0.384. The van der Waals surface area contributed by atoms with E-state index in [4.69, 9.17) is 16.3 Å². The van der Waals surface area contributed by atoms with Gasteiger partial charge in [-0.1, -0.05) is 29.3 Å². The zero-order valence-corrected chi connectivity index (χ0v) is 18.4. The molecule has 1 atom stereocenters. The molecule has 0 bridgehead atoms. The molecule has 1 unspecified atom stereocenters. The second-order valence-corrected chi connectivity index (χ2v) is 9.07. The van der Waals surface area contributed by atoms with E-state index in [1.165, 1.54) is 32.2 Å². The van der Waals surface area contributed by atoms with E-state index in [1.54, 1.807) is 12.1 Å². The number of esters is 1. The van der Waals surface area contributed by atoms with Gasteiger partial charge < -0.3 is 10.1 Å². The fourth-order valence-electron chi connectivity index (χ4n) is 2.40. The van der Waals surface area contributed by atoms with Crippen LogP contribution < -0.4 is 5.32 Å². The van der Waals surface area contributed by atoms with Crippen LogP contribution in [-0.2, 0) is 24.3 Å². The molecule has 2 aromatic carbocycles. The maximum absolute atomic E-state index is 12.5. The highest BCUT2D eigenvalue weighted by Gasteiger charge is 2.26. The Balaban J connectivity index is 1.97. The van der Waals surface area contributed by atoms with Crippen molar-refractivity contribution in [2.24, 2.45) is 0 Å². The molecule has 0 fully saturated rings. The third-order valence-electron chi connectivity index (χ3n) is 4.18. The Morgan fingerprint density at radius 2 is 1.84 bits per heavy atom. The zero-order valence-electron chi connectivity index (χ0n) is 16.9. The number of hydrogen-bond acceptors (Lipinski definition) is 7. The molecule has 0 aromatic heterocycles. The summed E-state index contributed by atoms with van der Waals surface area (Å²) >= 11 is 5.91. The first-order valence-corrected chi connectivity index (χ1v) is 10.7. The van der Waals surface area contributed by atoms with Crippen LogP contribution in [0.25, 0.3) is 0 Å². The minimum absolute atomic E-state index is 0.0204. The van der Waals surface area contributed by atoms with Crippen LogP contribution in [0.4, 0.5) is 11.4 Å². The molecular formula is C19H20ClN3O7S. The number of nitrogens with one attached hydrogen (secondary N) is 1. The van der Waals surface area contributed by atoms with E-state index in [1.807, 2.05) is 6.92 Å². The molecule has 0 aliphatic carbocycles. The van der Waals surface area contributed by atoms with Gasteiger partial charge in [-0.05, 0) is 32.0 Å². The molecule has 1 amide bonds. The van der Waals surface area contributed by atoms with Crippen LogP contribution in [0.3, 0.4) is 0 Å². The van der Waals surface area contributed by atoms with E-state index >= 15 is 0 Å². The first kappa shape index (κ1) is 24.3. The molecule has 166 valence electrons. The minimum Gasteiger partial charge on any atom is -0.452 e. The van der Waals surface area contributed by atoms with Crippen LogP contribution in [0.15, 0.2) is 47.4 Å². The van der Waals surface area contributed by atoms with Crippen molar-refractivity contribution in [1.29, 1.82) is 0 Å². The number of aryl methyl sites for hydroxylation is 1. The number of non-ortho nitro benzene ring substituents is 1. The van der Waals surface area contributed by atoms with Gasteiger partial charge in [-0.2, -0.15) is 4.31 Å². The van der Waals surface area contributed by atoms with E-state index in [9.17, 15) is 28.1 Å². The van der Waals surface area contributed by atoms with E-state index in [2.05, 4.69) is 5.32 Å². The fourth-order valence-corrected chi connectivity index (χ4v) is 3.74. The molecule has 12 heteroatoms. The number of carbonyl (C=O) groups is 2. The van der Waals surface area contributed by atoms with Gasteiger partial charge in [-0.15, -0.1) is 0 Å². The van der Waals surface area contributed by atoms with E-state index in [-0.39, 0.29) is 21.3 Å². The summed E-state index contributed by atoms with van der Waals surface area (Å²) in [4.78, 5) is 34.5. The number of sulfonamides is 1. The monoisotopic (exact) mass is 469 g/mol. The normalized spacial score (nSPS) is 12.3. The summed E-state index contributed by atoms with van der Waals surface area (Å²) in [7, 11) is -2.69. The number of ether oxygens (including phenoxy) is 1. The Morgan fingerprint density at radius 1 is 1.23 bits per heavy atom. The minimum atomic E-state index is -3.91. The number of anilines is 1. The number of nitrogens with zero attached hydrogens (tertiary/aromatic N) is 2. The van der Waals surface area contributed by atoms with Crippen molar-refractivity contribution in [1.82, 2.24) is 4.31 Å². The molecule has 0 radical (unpaired) electrons. The second-order valence-electron chi connectivity index (χ2n) is 6.62. The molecule has 0 spiro atoms. The van der Waals surface area contributed by atoms with Gasteiger partial charge in [-0.25, -0.2) is 8.42 Å². The molecule has 0 saturated carbocycles. The number of halogens is 1. The lowest BCUT2D eigenvalue weighted by Gasteiger charge is -2.18. The highest BCUT2D eigenvalue weighted by molar-refractivity contribution is 7.89. The quantitative estimate of drug-likeness (QED) is 0.356. The number of benzene rings is 2. The summed E-state index contributed by atoms with van der Waals surface area (Å²) in [6, 6.07) is 9.59. The second kappa shape index (κ2) is 9.86. The van der Waals surface area contributed by atoms with Crippen LogP contribution in [0.5, 0.6) is 0 Å². The van der Waals surface area contributed by atoms with Gasteiger partial charge in [0.1, 0.15) is 6.54 Å². The first-order chi connectivity index (χ1) is 14.4. The SMILES string of the molecule is Cc1ccc(S(=O)(=O)N(C)CC(=O)OC(C)C(=O)Nc2ccc([N+](=O)[O-])cc2Cl)cc1. The Bertz CT molecular complexity index is 1100. The van der Waals surface area contributed by atoms with Crippen molar-refractivity contribution in [2.75, 3.05) is 18.9 Å². The fraction of sp³-hybridized carbons (Fsp3) is 0.263. The highest BCUT2D eigenvalue weighted by atomic mass is 35.5. The van der Waals surface area contributed by atoms with Crippen LogP contribution in [0.1, 0.15) is 12.5 Å². The van der Waals surface area contributed by atoms with Gasteiger partial charge in [0.05, 0.1) is 20.5 Å². The number of nitro benzene ring substituents is 1. The van der Waals surface area contributed by atoms with E-state index in [0.29, 0.717) is 0 Å². The number of hydrogen-bond donors (Lipinski definition) is 1. The number of rotatable bonds is 8. The van der Waals surface area contributed by atoms with Crippen molar-refractivity contribution in [3.8, 4) is 0 Å². The van der Waals surface area contributed by atoms with Gasteiger partial charge in [0, 0.05) is 19.2 Å². The van der Waals surface area contributed by atoms with Crippen LogP contribution in [0.2, 0.25) is 5.02 Å². The molecule has 2 aromatic rings. The van der Waals surface area contributed by atoms with Crippen LogP contribution in [-0.4, -0.2) is 49.2 Å². The molecule has 0 aliphatic rings. The van der Waals surface area contributed by atoms with E-state index < -0.39 is 39.5 Å². The summed E-state index contributed by atoms with van der Waals surface area (Å²) in [5.74, 6) is -1.68. The van der Waals surface area contributed by atoms with Gasteiger partial charge in [-0.3, -0.25) is 19.7 Å². The van der Waals surface area contributed by atoms with Gasteiger partial charge >= 0.3 is 5.97 Å². The standard InChI is InChI=1S/C19H20ClN3O7S/c1-12-4-7-15(8-5-12)31(28,29)22(3)11-18(24)30-13(2)19(25)21-17-9-6-14(23(26)27)10-16(17)20/h4-10,13H,11H2,1-3H3,(H,21,25). The third-order valence-corrected chi connectivity index (χ3v) is 6.31. The summed E-state index contributed by atoms with van der Waals surface area (Å²) in [5, 5.41) is 13.1. The molecule has 0 heterocycles. The van der Waals surface area contributed by atoms with E-state index in [0.717, 1.165) is 22.0 Å². The predicted octanol–water partition coefficient (Wildman–Crippen LogP) is 2.75. The topological polar surface area (TPSA) is 136 Å². The molecule has 10 nitrogen and oxygen atoms in total. The van der Waals surface area contributed by atoms with Crippen molar-refractivity contribution in [3.05, 3.63) is 63.2 Å². The smallest absolute Gasteiger partial charge is 0.322 e. The van der Waals surface area contributed by atoms with Crippen molar-refractivity contribution < 1.29 is 27.7 Å². The molecule has 31 heavy (non-hydrogen) atoms. The van der Waals surface area contributed by atoms with Crippen LogP contribution in [0, 0.1) is 17.0 Å². The number of likely N-dealkylation sites (N-methyl/N-ethyl adjacent to an activating group) is 1. The molecular weight excluding hydrogens is 450 g/mol. The molecule has 1 N–H and O–H groups in total. The average Bonchev–Trinajstić information content (AvgIpc) is 2.69. The predicted molar refractivity (Wildman–Crippen MR) is 113 cm³/mol. The maximum Gasteiger partial charge on any atom is 0.322 e. The summed E-state index contributed by atoms with van der Waals surface area (Å²) in [6.45, 7) is 2.50. The molecule has 2 rings (SSSR count). The Kier molecular flexibility index (Phi) is 7.71. The lowest BCUT2D eigenvalue weighted by Crippen LogP contribution is -2.37. The Labute approximate surface area is 184 Å².